The van der Waals surface area contributed by atoms with Crippen LogP contribution >= 0.6 is 0 Å². The Kier molecular flexibility index (Phi) is 6.82. The van der Waals surface area contributed by atoms with Crippen LogP contribution in [0.25, 0.3) is 0 Å². The molecule has 4 rings (SSSR count). The molecule has 2 atom stereocenters. The second-order valence-electron chi connectivity index (χ2n) is 9.11. The molecule has 0 bridgehead atoms. The van der Waals surface area contributed by atoms with Gasteiger partial charge in [0.2, 0.25) is 0 Å². The lowest BCUT2D eigenvalue weighted by molar-refractivity contribution is -0.158. The van der Waals surface area contributed by atoms with Crippen molar-refractivity contribution in [2.45, 2.75) is 32.3 Å². The molecule has 5 heteroatoms. The Morgan fingerprint density at radius 1 is 0.706 bits per heavy atom. The molecule has 0 fully saturated rings. The van der Waals surface area contributed by atoms with Crippen LogP contribution in [0.4, 0.5) is 0 Å². The molecule has 1 aliphatic carbocycles. The minimum Gasteiger partial charge on any atom is -0.494 e. The molecule has 0 radical (unpaired) electrons. The van der Waals surface area contributed by atoms with Crippen LogP contribution in [0, 0.1) is 10.8 Å². The number of carboxylic acid groups (broad SMARTS) is 2. The third-order valence-electron chi connectivity index (χ3n) is 6.50. The van der Waals surface area contributed by atoms with Crippen molar-refractivity contribution < 1.29 is 24.5 Å². The standard InChI is InChI=1S/C29H28O5/c30-26(31)28(16-22-10-4-1-5-11-22)18-25(34-20-24-14-8-3-9-15-24)19-29(21-28,27(32)33)17-23-12-6-2-7-13-23/h1-15,18H,16-17,19-21H2,(H,30,31)(H,32,33). The lowest BCUT2D eigenvalue weighted by Gasteiger charge is -2.42. The maximum atomic E-state index is 12.8. The van der Waals surface area contributed by atoms with Crippen molar-refractivity contribution in [1.29, 1.82) is 0 Å². The van der Waals surface area contributed by atoms with E-state index in [0.717, 1.165) is 16.7 Å². The van der Waals surface area contributed by atoms with Gasteiger partial charge in [0.15, 0.2) is 0 Å². The van der Waals surface area contributed by atoms with Crippen molar-refractivity contribution in [3.05, 3.63) is 120 Å². The highest BCUT2D eigenvalue weighted by molar-refractivity contribution is 5.82. The molecule has 0 amide bonds. The molecular formula is C29H28O5. The van der Waals surface area contributed by atoms with E-state index in [4.69, 9.17) is 4.74 Å². The van der Waals surface area contributed by atoms with Gasteiger partial charge in [0.05, 0.1) is 16.6 Å². The van der Waals surface area contributed by atoms with Gasteiger partial charge in [-0.1, -0.05) is 91.0 Å². The molecular weight excluding hydrogens is 428 g/mol. The Labute approximate surface area is 199 Å². The first-order valence-corrected chi connectivity index (χ1v) is 11.3. The van der Waals surface area contributed by atoms with E-state index in [2.05, 4.69) is 0 Å². The van der Waals surface area contributed by atoms with E-state index in [9.17, 15) is 19.8 Å². The van der Waals surface area contributed by atoms with Crippen molar-refractivity contribution in [1.82, 2.24) is 0 Å². The van der Waals surface area contributed by atoms with Gasteiger partial charge in [-0.05, 0) is 42.0 Å². The van der Waals surface area contributed by atoms with Gasteiger partial charge >= 0.3 is 11.9 Å². The molecule has 174 valence electrons. The number of ether oxygens (including phenoxy) is 1. The first-order chi connectivity index (χ1) is 16.4. The van der Waals surface area contributed by atoms with Gasteiger partial charge in [0.1, 0.15) is 6.61 Å². The van der Waals surface area contributed by atoms with E-state index in [-0.39, 0.29) is 32.3 Å². The summed E-state index contributed by atoms with van der Waals surface area (Å²) < 4.78 is 6.09. The smallest absolute Gasteiger partial charge is 0.314 e. The van der Waals surface area contributed by atoms with Gasteiger partial charge in [-0.25, -0.2) is 0 Å². The average Bonchev–Trinajstić information content (AvgIpc) is 2.84. The normalized spacial score (nSPS) is 21.9. The zero-order valence-electron chi connectivity index (χ0n) is 18.9. The molecule has 3 aromatic rings. The Bertz CT molecular complexity index is 1160. The summed E-state index contributed by atoms with van der Waals surface area (Å²) in [5.41, 5.74) is -0.0896. The van der Waals surface area contributed by atoms with Crippen LogP contribution in [-0.2, 0) is 33.8 Å². The third-order valence-corrected chi connectivity index (χ3v) is 6.50. The highest BCUT2D eigenvalue weighted by atomic mass is 16.5. The minimum absolute atomic E-state index is 0.0212. The van der Waals surface area contributed by atoms with Crippen molar-refractivity contribution in [3.8, 4) is 0 Å². The summed E-state index contributed by atoms with van der Waals surface area (Å²) in [5, 5.41) is 20.9. The molecule has 1 aliphatic rings. The van der Waals surface area contributed by atoms with Crippen LogP contribution in [0.3, 0.4) is 0 Å². The quantitative estimate of drug-likeness (QED) is 0.444. The van der Waals surface area contributed by atoms with Crippen LogP contribution in [-0.4, -0.2) is 22.2 Å². The zero-order valence-corrected chi connectivity index (χ0v) is 18.9. The number of carbonyl (C=O) groups is 2. The molecule has 0 saturated heterocycles. The molecule has 0 spiro atoms. The number of rotatable bonds is 9. The fourth-order valence-corrected chi connectivity index (χ4v) is 4.88. The van der Waals surface area contributed by atoms with Gasteiger partial charge in [0.25, 0.3) is 0 Å². The summed E-state index contributed by atoms with van der Waals surface area (Å²) in [7, 11) is 0. The SMILES string of the molecule is O=C(O)C1(Cc2ccccc2)C=C(OCc2ccccc2)CC(Cc2ccccc2)(C(=O)O)C1. The van der Waals surface area contributed by atoms with E-state index < -0.39 is 22.8 Å². The van der Waals surface area contributed by atoms with E-state index >= 15 is 0 Å². The average molecular weight is 457 g/mol. The maximum Gasteiger partial charge on any atom is 0.314 e. The van der Waals surface area contributed by atoms with Gasteiger partial charge < -0.3 is 14.9 Å². The second-order valence-corrected chi connectivity index (χ2v) is 9.11. The first-order valence-electron chi connectivity index (χ1n) is 11.3. The van der Waals surface area contributed by atoms with E-state index in [1.54, 1.807) is 6.08 Å². The first kappa shape index (κ1) is 23.3. The Morgan fingerprint density at radius 3 is 1.71 bits per heavy atom. The number of hydrogen-bond acceptors (Lipinski definition) is 3. The van der Waals surface area contributed by atoms with Crippen molar-refractivity contribution in [3.63, 3.8) is 0 Å². The lowest BCUT2D eigenvalue weighted by Crippen LogP contribution is -2.47. The third kappa shape index (κ3) is 5.20. The number of allylic oxidation sites excluding steroid dienone is 1. The van der Waals surface area contributed by atoms with Gasteiger partial charge in [-0.3, -0.25) is 9.59 Å². The number of carboxylic acids is 2. The van der Waals surface area contributed by atoms with E-state index in [1.807, 2.05) is 91.0 Å². The van der Waals surface area contributed by atoms with Gasteiger partial charge in [0, 0.05) is 6.42 Å². The second kappa shape index (κ2) is 9.96. The summed E-state index contributed by atoms with van der Waals surface area (Å²) in [5.74, 6) is -1.65. The van der Waals surface area contributed by atoms with Crippen LogP contribution in [0.2, 0.25) is 0 Å². The minimum atomic E-state index is -1.40. The van der Waals surface area contributed by atoms with Gasteiger partial charge in [-0.2, -0.15) is 0 Å². The van der Waals surface area contributed by atoms with Crippen LogP contribution in [0.1, 0.15) is 29.5 Å². The summed E-state index contributed by atoms with van der Waals surface area (Å²) in [6.07, 6.45) is 2.17. The molecule has 0 heterocycles. The molecule has 0 saturated carbocycles. The number of aliphatic carboxylic acids is 2. The molecule has 2 N–H and O–H groups in total. The monoisotopic (exact) mass is 456 g/mol. The van der Waals surface area contributed by atoms with Crippen LogP contribution in [0.15, 0.2) is 103 Å². The fraction of sp³-hybridized carbons (Fsp3) is 0.241. The maximum absolute atomic E-state index is 12.8. The predicted octanol–water partition coefficient (Wildman–Crippen LogP) is 5.51. The summed E-state index contributed by atoms with van der Waals surface area (Å²) >= 11 is 0. The van der Waals surface area contributed by atoms with Crippen molar-refractivity contribution in [2.75, 3.05) is 0 Å². The number of hydrogen-bond donors (Lipinski definition) is 2. The van der Waals surface area contributed by atoms with Crippen LogP contribution < -0.4 is 0 Å². The van der Waals surface area contributed by atoms with Gasteiger partial charge in [-0.15, -0.1) is 0 Å². The van der Waals surface area contributed by atoms with E-state index in [0.29, 0.717) is 5.76 Å². The lowest BCUT2D eigenvalue weighted by atomic mass is 9.61. The summed E-state index contributed by atoms with van der Waals surface area (Å²) in [6.45, 7) is 0.245. The zero-order chi connectivity index (χ0) is 24.0. The van der Waals surface area contributed by atoms with E-state index in [1.165, 1.54) is 0 Å². The Hall–Kier alpha value is -3.86. The highest BCUT2D eigenvalue weighted by Crippen LogP contribution is 2.49. The Morgan fingerprint density at radius 2 is 1.21 bits per heavy atom. The molecule has 3 aromatic carbocycles. The summed E-state index contributed by atoms with van der Waals surface area (Å²) in [4.78, 5) is 25.6. The molecule has 34 heavy (non-hydrogen) atoms. The molecule has 2 unspecified atom stereocenters. The van der Waals surface area contributed by atoms with Crippen LogP contribution in [0.5, 0.6) is 0 Å². The fourth-order valence-electron chi connectivity index (χ4n) is 4.88. The number of benzene rings is 3. The highest BCUT2D eigenvalue weighted by Gasteiger charge is 2.53. The van der Waals surface area contributed by atoms with Crippen molar-refractivity contribution >= 4 is 11.9 Å². The largest absolute Gasteiger partial charge is 0.494 e. The summed E-state index contributed by atoms with van der Waals surface area (Å²) in [6, 6.07) is 28.3. The predicted molar refractivity (Wildman–Crippen MR) is 129 cm³/mol. The Balaban J connectivity index is 1.75. The molecule has 0 aliphatic heterocycles. The topological polar surface area (TPSA) is 83.8 Å². The molecule has 0 aromatic heterocycles. The van der Waals surface area contributed by atoms with Crippen molar-refractivity contribution in [2.24, 2.45) is 10.8 Å². The molecule has 5 nitrogen and oxygen atoms in total.